The number of methoxy groups -OCH3 is 1. The van der Waals surface area contributed by atoms with Crippen LogP contribution >= 0.6 is 11.6 Å². The summed E-state index contributed by atoms with van der Waals surface area (Å²) in [6.45, 7) is 4.38. The van der Waals surface area contributed by atoms with Gasteiger partial charge in [-0.25, -0.2) is 4.98 Å². The zero-order chi connectivity index (χ0) is 13.7. The number of aryl methyl sites for hydroxylation is 1. The standard InChI is InChI=1S/C13H20ClN3O2/c1-10-9-12(18-2)16-13(15-10)17-6-3-11(4-7-17)19-8-5-14/h9,11H,3-8H2,1-2H3. The minimum Gasteiger partial charge on any atom is -0.481 e. The highest BCUT2D eigenvalue weighted by Crippen LogP contribution is 2.20. The van der Waals surface area contributed by atoms with Gasteiger partial charge in [-0.15, -0.1) is 11.6 Å². The Morgan fingerprint density at radius 1 is 1.37 bits per heavy atom. The normalized spacial score (nSPS) is 16.7. The van der Waals surface area contributed by atoms with E-state index < -0.39 is 0 Å². The lowest BCUT2D eigenvalue weighted by Gasteiger charge is -2.32. The average molecular weight is 286 g/mol. The molecule has 0 unspecified atom stereocenters. The first-order valence-corrected chi connectivity index (χ1v) is 7.08. The van der Waals surface area contributed by atoms with E-state index >= 15 is 0 Å². The zero-order valence-corrected chi connectivity index (χ0v) is 12.2. The van der Waals surface area contributed by atoms with Gasteiger partial charge < -0.3 is 14.4 Å². The fraction of sp³-hybridized carbons (Fsp3) is 0.692. The molecule has 0 aliphatic carbocycles. The number of ether oxygens (including phenoxy) is 2. The van der Waals surface area contributed by atoms with Crippen LogP contribution in [-0.2, 0) is 4.74 Å². The number of alkyl halides is 1. The van der Waals surface area contributed by atoms with Crippen molar-refractivity contribution in [2.45, 2.75) is 25.9 Å². The Kier molecular flexibility index (Phi) is 5.22. The van der Waals surface area contributed by atoms with Crippen molar-refractivity contribution in [3.63, 3.8) is 0 Å². The molecule has 19 heavy (non-hydrogen) atoms. The minimum absolute atomic E-state index is 0.307. The molecule has 2 heterocycles. The molecule has 1 aromatic heterocycles. The first-order chi connectivity index (χ1) is 9.22. The fourth-order valence-corrected chi connectivity index (χ4v) is 2.29. The third-order valence-electron chi connectivity index (χ3n) is 3.18. The van der Waals surface area contributed by atoms with Gasteiger partial charge in [-0.05, 0) is 19.8 Å². The van der Waals surface area contributed by atoms with Gasteiger partial charge in [0.15, 0.2) is 0 Å². The van der Waals surface area contributed by atoms with Crippen molar-refractivity contribution < 1.29 is 9.47 Å². The van der Waals surface area contributed by atoms with Crippen molar-refractivity contribution in [3.05, 3.63) is 11.8 Å². The van der Waals surface area contributed by atoms with E-state index in [2.05, 4.69) is 14.9 Å². The summed E-state index contributed by atoms with van der Waals surface area (Å²) >= 11 is 5.63. The summed E-state index contributed by atoms with van der Waals surface area (Å²) in [4.78, 5) is 11.0. The van der Waals surface area contributed by atoms with Crippen LogP contribution in [0.2, 0.25) is 0 Å². The first-order valence-electron chi connectivity index (χ1n) is 6.55. The summed E-state index contributed by atoms with van der Waals surface area (Å²) in [6, 6.07) is 1.83. The maximum absolute atomic E-state index is 5.66. The molecule has 0 bridgehead atoms. The number of nitrogens with zero attached hydrogens (tertiary/aromatic N) is 3. The lowest BCUT2D eigenvalue weighted by Crippen LogP contribution is -2.38. The van der Waals surface area contributed by atoms with Gasteiger partial charge in [-0.2, -0.15) is 4.98 Å². The molecule has 106 valence electrons. The molecule has 0 radical (unpaired) electrons. The van der Waals surface area contributed by atoms with E-state index in [1.807, 2.05) is 13.0 Å². The number of hydrogen-bond donors (Lipinski definition) is 0. The van der Waals surface area contributed by atoms with Crippen molar-refractivity contribution in [1.29, 1.82) is 0 Å². The molecule has 1 fully saturated rings. The lowest BCUT2D eigenvalue weighted by atomic mass is 10.1. The average Bonchev–Trinajstić information content (AvgIpc) is 2.45. The van der Waals surface area contributed by atoms with Crippen LogP contribution in [0.4, 0.5) is 5.95 Å². The van der Waals surface area contributed by atoms with Crippen LogP contribution in [0.3, 0.4) is 0 Å². The largest absolute Gasteiger partial charge is 0.481 e. The van der Waals surface area contributed by atoms with Crippen molar-refractivity contribution in [2.24, 2.45) is 0 Å². The molecular formula is C13H20ClN3O2. The van der Waals surface area contributed by atoms with E-state index in [-0.39, 0.29) is 0 Å². The minimum atomic E-state index is 0.307. The van der Waals surface area contributed by atoms with Crippen molar-refractivity contribution >= 4 is 17.5 Å². The van der Waals surface area contributed by atoms with Crippen LogP contribution in [0.15, 0.2) is 6.07 Å². The molecule has 0 amide bonds. The first kappa shape index (κ1) is 14.3. The number of piperidine rings is 1. The smallest absolute Gasteiger partial charge is 0.228 e. The Labute approximate surface area is 118 Å². The second kappa shape index (κ2) is 6.91. The topological polar surface area (TPSA) is 47.5 Å². The van der Waals surface area contributed by atoms with E-state index in [0.717, 1.165) is 37.6 Å². The summed E-state index contributed by atoms with van der Waals surface area (Å²) in [6.07, 6.45) is 2.27. The Hall–Kier alpha value is -1.07. The molecule has 5 nitrogen and oxygen atoms in total. The number of anilines is 1. The van der Waals surface area contributed by atoms with E-state index in [1.165, 1.54) is 0 Å². The molecule has 0 aromatic carbocycles. The lowest BCUT2D eigenvalue weighted by molar-refractivity contribution is 0.0470. The zero-order valence-electron chi connectivity index (χ0n) is 11.4. The predicted octanol–water partition coefficient (Wildman–Crippen LogP) is 2.02. The third kappa shape index (κ3) is 3.94. The van der Waals surface area contributed by atoms with Gasteiger partial charge in [-0.1, -0.05) is 0 Å². The Balaban J connectivity index is 1.95. The van der Waals surface area contributed by atoms with Gasteiger partial charge in [0.1, 0.15) is 0 Å². The van der Waals surface area contributed by atoms with Crippen LogP contribution in [0.5, 0.6) is 5.88 Å². The summed E-state index contributed by atoms with van der Waals surface area (Å²) in [5.74, 6) is 1.91. The van der Waals surface area contributed by atoms with Crippen LogP contribution in [0.1, 0.15) is 18.5 Å². The molecule has 1 aromatic rings. The van der Waals surface area contributed by atoms with Crippen LogP contribution < -0.4 is 9.64 Å². The van der Waals surface area contributed by atoms with Gasteiger partial charge >= 0.3 is 0 Å². The van der Waals surface area contributed by atoms with Gasteiger partial charge in [-0.3, -0.25) is 0 Å². The highest BCUT2D eigenvalue weighted by atomic mass is 35.5. The number of halogens is 1. The predicted molar refractivity (Wildman–Crippen MR) is 75.2 cm³/mol. The van der Waals surface area contributed by atoms with E-state index in [9.17, 15) is 0 Å². The van der Waals surface area contributed by atoms with Crippen LogP contribution in [-0.4, -0.2) is 48.8 Å². The molecule has 0 N–H and O–H groups in total. The maximum atomic E-state index is 5.66. The molecule has 2 rings (SSSR count). The number of hydrogen-bond acceptors (Lipinski definition) is 5. The maximum Gasteiger partial charge on any atom is 0.228 e. The monoisotopic (exact) mass is 285 g/mol. The van der Waals surface area contributed by atoms with Crippen LogP contribution in [0.25, 0.3) is 0 Å². The van der Waals surface area contributed by atoms with Gasteiger partial charge in [0.2, 0.25) is 11.8 Å². The summed E-state index contributed by atoms with van der Waals surface area (Å²) < 4.78 is 10.8. The molecule has 1 aliphatic rings. The number of rotatable bonds is 5. The summed E-state index contributed by atoms with van der Waals surface area (Å²) in [5, 5.41) is 0. The molecule has 0 atom stereocenters. The van der Waals surface area contributed by atoms with Gasteiger partial charge in [0.05, 0.1) is 19.8 Å². The van der Waals surface area contributed by atoms with E-state index in [4.69, 9.17) is 21.1 Å². The Morgan fingerprint density at radius 3 is 2.74 bits per heavy atom. The Morgan fingerprint density at radius 2 is 2.11 bits per heavy atom. The molecule has 0 saturated carbocycles. The van der Waals surface area contributed by atoms with Gasteiger partial charge in [0.25, 0.3) is 0 Å². The van der Waals surface area contributed by atoms with E-state index in [1.54, 1.807) is 7.11 Å². The SMILES string of the molecule is COc1cc(C)nc(N2CCC(OCCCl)CC2)n1. The van der Waals surface area contributed by atoms with Gasteiger partial charge in [0, 0.05) is 30.7 Å². The molecule has 1 aliphatic heterocycles. The molecule has 6 heteroatoms. The highest BCUT2D eigenvalue weighted by molar-refractivity contribution is 6.17. The van der Waals surface area contributed by atoms with Crippen molar-refractivity contribution in [1.82, 2.24) is 9.97 Å². The Bertz CT molecular complexity index is 409. The quantitative estimate of drug-likeness (QED) is 0.775. The van der Waals surface area contributed by atoms with Crippen LogP contribution in [0, 0.1) is 6.92 Å². The molecule has 1 saturated heterocycles. The second-order valence-corrected chi connectivity index (χ2v) is 4.98. The second-order valence-electron chi connectivity index (χ2n) is 4.60. The third-order valence-corrected chi connectivity index (χ3v) is 3.34. The fourth-order valence-electron chi connectivity index (χ4n) is 2.20. The summed E-state index contributed by atoms with van der Waals surface area (Å²) in [7, 11) is 1.62. The molecule has 0 spiro atoms. The molecular weight excluding hydrogens is 266 g/mol. The van der Waals surface area contributed by atoms with Crippen molar-refractivity contribution in [3.8, 4) is 5.88 Å². The van der Waals surface area contributed by atoms with Crippen molar-refractivity contribution in [2.75, 3.05) is 37.6 Å². The van der Waals surface area contributed by atoms with E-state index in [0.29, 0.717) is 24.5 Å². The highest BCUT2D eigenvalue weighted by Gasteiger charge is 2.21. The number of aromatic nitrogens is 2. The summed E-state index contributed by atoms with van der Waals surface area (Å²) in [5.41, 5.74) is 0.919.